The molecule has 0 radical (unpaired) electrons. The Balaban J connectivity index is 1.98. The lowest BCUT2D eigenvalue weighted by Gasteiger charge is -2.05. The van der Waals surface area contributed by atoms with Crippen molar-refractivity contribution in [3.8, 4) is 0 Å². The summed E-state index contributed by atoms with van der Waals surface area (Å²) in [5.74, 6) is 0.447. The highest BCUT2D eigenvalue weighted by molar-refractivity contribution is 7.98. The van der Waals surface area contributed by atoms with Gasteiger partial charge in [-0.3, -0.25) is 0 Å². The molecule has 0 amide bonds. The largest absolute Gasteiger partial charge is 0.463 e. The molecule has 1 N–H and O–H groups in total. The molecule has 0 spiro atoms. The number of hydrogen-bond donors (Lipinski definition) is 1. The minimum atomic E-state index is -0.462. The van der Waals surface area contributed by atoms with Gasteiger partial charge >= 0.3 is 5.97 Å². The Bertz CT molecular complexity index is 565. The summed E-state index contributed by atoms with van der Waals surface area (Å²) in [7, 11) is 1.33. The lowest BCUT2D eigenvalue weighted by atomic mass is 10.3. The maximum absolute atomic E-state index is 11.2. The predicted octanol–water partition coefficient (Wildman–Crippen LogP) is 3.40. The highest BCUT2D eigenvalue weighted by atomic mass is 32.2. The number of methoxy groups -OCH3 is 1. The summed E-state index contributed by atoms with van der Waals surface area (Å²) in [6.45, 7) is 0.523. The fourth-order valence-corrected chi connectivity index (χ4v) is 2.06. The third kappa shape index (κ3) is 3.54. The monoisotopic (exact) mass is 277 g/mol. The van der Waals surface area contributed by atoms with Crippen LogP contribution in [0, 0.1) is 0 Å². The highest BCUT2D eigenvalue weighted by Crippen LogP contribution is 2.19. The summed E-state index contributed by atoms with van der Waals surface area (Å²) in [5, 5.41) is 3.25. The summed E-state index contributed by atoms with van der Waals surface area (Å²) >= 11 is 1.69. The Kier molecular flexibility index (Phi) is 4.52. The van der Waals surface area contributed by atoms with Gasteiger partial charge in [-0.1, -0.05) is 6.07 Å². The second kappa shape index (κ2) is 6.33. The quantitative estimate of drug-likeness (QED) is 0.670. The van der Waals surface area contributed by atoms with Crippen LogP contribution in [0.3, 0.4) is 0 Å². The molecule has 0 aliphatic rings. The van der Waals surface area contributed by atoms with E-state index in [1.54, 1.807) is 23.9 Å². The molecule has 0 atom stereocenters. The van der Waals surface area contributed by atoms with Gasteiger partial charge in [0.2, 0.25) is 5.76 Å². The van der Waals surface area contributed by atoms with Crippen molar-refractivity contribution in [3.05, 3.63) is 47.9 Å². The summed E-state index contributed by atoms with van der Waals surface area (Å²) < 4.78 is 9.96. The van der Waals surface area contributed by atoms with Gasteiger partial charge in [-0.05, 0) is 36.6 Å². The molecule has 0 fully saturated rings. The molecule has 1 aromatic carbocycles. The molecule has 0 saturated carbocycles. The van der Waals surface area contributed by atoms with Gasteiger partial charge in [-0.2, -0.15) is 0 Å². The van der Waals surface area contributed by atoms with Gasteiger partial charge < -0.3 is 14.5 Å². The van der Waals surface area contributed by atoms with E-state index in [0.29, 0.717) is 12.3 Å². The van der Waals surface area contributed by atoms with Crippen LogP contribution < -0.4 is 5.32 Å². The van der Waals surface area contributed by atoms with Crippen molar-refractivity contribution in [1.29, 1.82) is 0 Å². The van der Waals surface area contributed by atoms with E-state index in [2.05, 4.69) is 22.2 Å². The SMILES string of the molecule is COC(=O)c1ccc(CNc2cccc(SC)c2)o1. The number of esters is 1. The van der Waals surface area contributed by atoms with Gasteiger partial charge in [0.25, 0.3) is 0 Å². The Morgan fingerprint density at radius 1 is 1.37 bits per heavy atom. The minimum absolute atomic E-state index is 0.220. The lowest BCUT2D eigenvalue weighted by Crippen LogP contribution is -2.00. The van der Waals surface area contributed by atoms with E-state index < -0.39 is 5.97 Å². The normalized spacial score (nSPS) is 10.2. The standard InChI is InChI=1S/C14H15NO3S/c1-17-14(16)13-7-6-11(18-13)9-15-10-4-3-5-12(8-10)19-2/h3-8,15H,9H2,1-2H3. The number of rotatable bonds is 5. The van der Waals surface area contributed by atoms with E-state index in [0.717, 1.165) is 5.69 Å². The molecule has 100 valence electrons. The fourth-order valence-electron chi connectivity index (χ4n) is 1.61. The predicted molar refractivity (Wildman–Crippen MR) is 75.6 cm³/mol. The lowest BCUT2D eigenvalue weighted by molar-refractivity contribution is 0.0563. The van der Waals surface area contributed by atoms with Crippen LogP contribution in [0.2, 0.25) is 0 Å². The molecule has 2 aromatic rings. The van der Waals surface area contributed by atoms with Gasteiger partial charge in [-0.25, -0.2) is 4.79 Å². The minimum Gasteiger partial charge on any atom is -0.463 e. The van der Waals surface area contributed by atoms with E-state index >= 15 is 0 Å². The van der Waals surface area contributed by atoms with E-state index in [4.69, 9.17) is 4.42 Å². The van der Waals surface area contributed by atoms with Gasteiger partial charge in [0, 0.05) is 10.6 Å². The molecule has 1 aromatic heterocycles. The summed E-state index contributed by atoms with van der Waals surface area (Å²) in [5.41, 5.74) is 1.02. The molecule has 5 heteroatoms. The van der Waals surface area contributed by atoms with E-state index in [-0.39, 0.29) is 5.76 Å². The zero-order chi connectivity index (χ0) is 13.7. The maximum Gasteiger partial charge on any atom is 0.373 e. The summed E-state index contributed by atoms with van der Waals surface area (Å²) in [4.78, 5) is 12.4. The van der Waals surface area contributed by atoms with Crippen molar-refractivity contribution in [2.24, 2.45) is 0 Å². The average Bonchev–Trinajstić information content (AvgIpc) is 2.93. The molecule has 0 unspecified atom stereocenters. The second-order valence-corrected chi connectivity index (χ2v) is 4.72. The Morgan fingerprint density at radius 3 is 2.95 bits per heavy atom. The van der Waals surface area contributed by atoms with Gasteiger partial charge in [0.1, 0.15) is 5.76 Å². The van der Waals surface area contributed by atoms with E-state index in [9.17, 15) is 4.79 Å². The zero-order valence-corrected chi connectivity index (χ0v) is 11.6. The van der Waals surface area contributed by atoms with Crippen LogP contribution in [-0.4, -0.2) is 19.3 Å². The molecule has 1 heterocycles. The first-order chi connectivity index (χ1) is 9.22. The number of anilines is 1. The number of thioether (sulfide) groups is 1. The second-order valence-electron chi connectivity index (χ2n) is 3.84. The van der Waals surface area contributed by atoms with Crippen LogP contribution in [0.5, 0.6) is 0 Å². The van der Waals surface area contributed by atoms with Crippen molar-refractivity contribution in [3.63, 3.8) is 0 Å². The van der Waals surface area contributed by atoms with Crippen molar-refractivity contribution in [2.75, 3.05) is 18.7 Å². The number of nitrogens with one attached hydrogen (secondary N) is 1. The van der Waals surface area contributed by atoms with Crippen LogP contribution in [0.15, 0.2) is 45.7 Å². The molecule has 0 aliphatic heterocycles. The number of furan rings is 1. The van der Waals surface area contributed by atoms with Gasteiger partial charge in [0.15, 0.2) is 0 Å². The maximum atomic E-state index is 11.2. The first kappa shape index (κ1) is 13.5. The van der Waals surface area contributed by atoms with Crippen LogP contribution in [0.25, 0.3) is 0 Å². The number of carbonyl (C=O) groups is 1. The number of carbonyl (C=O) groups excluding carboxylic acids is 1. The number of benzene rings is 1. The smallest absolute Gasteiger partial charge is 0.373 e. The molecular formula is C14H15NO3S. The van der Waals surface area contributed by atoms with Crippen LogP contribution in [-0.2, 0) is 11.3 Å². The summed E-state index contributed by atoms with van der Waals surface area (Å²) in [6, 6.07) is 11.5. The number of ether oxygens (including phenoxy) is 1. The molecule has 0 bridgehead atoms. The molecular weight excluding hydrogens is 262 g/mol. The van der Waals surface area contributed by atoms with Gasteiger partial charge in [-0.15, -0.1) is 11.8 Å². The zero-order valence-electron chi connectivity index (χ0n) is 10.8. The first-order valence-electron chi connectivity index (χ1n) is 5.78. The number of hydrogen-bond acceptors (Lipinski definition) is 5. The molecule has 19 heavy (non-hydrogen) atoms. The molecule has 4 nitrogen and oxygen atoms in total. The molecule has 2 rings (SSSR count). The Labute approximate surface area is 116 Å². The average molecular weight is 277 g/mol. The van der Waals surface area contributed by atoms with Crippen molar-refractivity contribution in [2.45, 2.75) is 11.4 Å². The van der Waals surface area contributed by atoms with Crippen molar-refractivity contribution in [1.82, 2.24) is 0 Å². The summed E-state index contributed by atoms with van der Waals surface area (Å²) in [6.07, 6.45) is 2.04. The molecule has 0 saturated heterocycles. The molecule has 0 aliphatic carbocycles. The van der Waals surface area contributed by atoms with Crippen molar-refractivity contribution < 1.29 is 13.9 Å². The van der Waals surface area contributed by atoms with Crippen molar-refractivity contribution >= 4 is 23.4 Å². The Morgan fingerprint density at radius 2 is 2.21 bits per heavy atom. The van der Waals surface area contributed by atoms with Gasteiger partial charge in [0.05, 0.1) is 13.7 Å². The topological polar surface area (TPSA) is 51.5 Å². The first-order valence-corrected chi connectivity index (χ1v) is 7.00. The third-order valence-electron chi connectivity index (χ3n) is 2.58. The highest BCUT2D eigenvalue weighted by Gasteiger charge is 2.10. The van der Waals surface area contributed by atoms with Crippen LogP contribution in [0.4, 0.5) is 5.69 Å². The van der Waals surface area contributed by atoms with Crippen LogP contribution in [0.1, 0.15) is 16.3 Å². The Hall–Kier alpha value is -1.88. The van der Waals surface area contributed by atoms with Crippen LogP contribution >= 0.6 is 11.8 Å². The van der Waals surface area contributed by atoms with E-state index in [1.807, 2.05) is 18.4 Å². The van der Waals surface area contributed by atoms with E-state index in [1.165, 1.54) is 12.0 Å². The third-order valence-corrected chi connectivity index (χ3v) is 3.31. The fraction of sp³-hybridized carbons (Fsp3) is 0.214.